The van der Waals surface area contributed by atoms with Crippen LogP contribution in [0.4, 0.5) is 11.4 Å². The van der Waals surface area contributed by atoms with Gasteiger partial charge in [0.15, 0.2) is 5.69 Å². The van der Waals surface area contributed by atoms with Gasteiger partial charge in [0.25, 0.3) is 11.6 Å². The van der Waals surface area contributed by atoms with E-state index in [9.17, 15) is 25.1 Å². The predicted octanol–water partition coefficient (Wildman–Crippen LogP) is 3.72. The summed E-state index contributed by atoms with van der Waals surface area (Å²) in [6.45, 7) is 1.64. The van der Waals surface area contributed by atoms with E-state index in [2.05, 4.69) is 15.2 Å². The van der Waals surface area contributed by atoms with Gasteiger partial charge in [-0.15, -0.1) is 10.2 Å². The third kappa shape index (κ3) is 2.90. The Bertz CT molecular complexity index is 1040. The molecule has 3 aromatic rings. The number of rotatable bonds is 3. The molecule has 0 saturated carbocycles. The van der Waals surface area contributed by atoms with E-state index in [1.165, 1.54) is 24.3 Å². The van der Waals surface area contributed by atoms with Crippen molar-refractivity contribution in [3.8, 4) is 11.6 Å². The average Bonchev–Trinajstić information content (AvgIpc) is 2.89. The summed E-state index contributed by atoms with van der Waals surface area (Å²) in [6.07, 6.45) is 0. The molecule has 2 aromatic carbocycles. The maximum absolute atomic E-state index is 12.0. The highest BCUT2D eigenvalue weighted by molar-refractivity contribution is 5.99. The molecule has 0 atom stereocenters. The Hall–Kier alpha value is -3.75. The number of hydrogen-bond acceptors (Lipinski definition) is 6. The van der Waals surface area contributed by atoms with Crippen LogP contribution in [0.25, 0.3) is 10.9 Å². The lowest BCUT2D eigenvalue weighted by molar-refractivity contribution is -0.384. The second kappa shape index (κ2) is 6.04. The highest BCUT2D eigenvalue weighted by Crippen LogP contribution is 2.39. The Morgan fingerprint density at radius 2 is 1.96 bits per heavy atom. The van der Waals surface area contributed by atoms with Crippen LogP contribution in [0.15, 0.2) is 46.6 Å². The van der Waals surface area contributed by atoms with Crippen molar-refractivity contribution < 1.29 is 19.9 Å². The van der Waals surface area contributed by atoms with Crippen molar-refractivity contribution in [3.63, 3.8) is 0 Å². The van der Waals surface area contributed by atoms with Crippen LogP contribution >= 0.6 is 0 Å². The number of phenols is 1. The van der Waals surface area contributed by atoms with Gasteiger partial charge in [-0.25, -0.2) is 0 Å². The normalized spacial score (nSPS) is 11.2. The number of aromatic nitrogens is 1. The number of carbonyl (C=O) groups excluding carboxylic acids is 1. The zero-order chi connectivity index (χ0) is 18.1. The lowest BCUT2D eigenvalue weighted by atomic mass is 10.1. The highest BCUT2D eigenvalue weighted by Gasteiger charge is 2.18. The lowest BCUT2D eigenvalue weighted by Crippen LogP contribution is -1.93. The van der Waals surface area contributed by atoms with Gasteiger partial charge in [-0.05, 0) is 24.6 Å². The van der Waals surface area contributed by atoms with Crippen molar-refractivity contribution in [3.05, 3.63) is 57.6 Å². The van der Waals surface area contributed by atoms with Crippen molar-refractivity contribution in [2.45, 2.75) is 6.92 Å². The Balaban J connectivity index is 2.07. The zero-order valence-corrected chi connectivity index (χ0v) is 12.9. The minimum absolute atomic E-state index is 0.0484. The summed E-state index contributed by atoms with van der Waals surface area (Å²) in [5.41, 5.74) is 0.672. The van der Waals surface area contributed by atoms with Crippen LogP contribution in [0.5, 0.6) is 11.6 Å². The van der Waals surface area contributed by atoms with E-state index >= 15 is 0 Å². The number of carbonyl (C=O) groups is 1. The number of fused-ring (bicyclic) bond motifs is 1. The first-order valence-corrected chi connectivity index (χ1v) is 7.12. The number of benzene rings is 2. The first-order valence-electron chi connectivity index (χ1n) is 7.12. The third-order valence-electron chi connectivity index (χ3n) is 3.63. The van der Waals surface area contributed by atoms with Crippen molar-refractivity contribution in [1.29, 1.82) is 0 Å². The molecule has 3 rings (SSSR count). The summed E-state index contributed by atoms with van der Waals surface area (Å²) in [5.74, 6) is -1.43. The van der Waals surface area contributed by atoms with Gasteiger partial charge in [-0.2, -0.15) is 0 Å². The van der Waals surface area contributed by atoms with Crippen LogP contribution in [0.3, 0.4) is 0 Å². The van der Waals surface area contributed by atoms with Crippen LogP contribution in [-0.2, 0) is 0 Å². The molecule has 0 aliphatic rings. The largest absolute Gasteiger partial charge is 0.507 e. The summed E-state index contributed by atoms with van der Waals surface area (Å²) >= 11 is 0. The van der Waals surface area contributed by atoms with Crippen molar-refractivity contribution >= 4 is 28.2 Å². The van der Waals surface area contributed by atoms with E-state index < -0.39 is 10.8 Å². The fourth-order valence-electron chi connectivity index (χ4n) is 2.44. The van der Waals surface area contributed by atoms with Crippen molar-refractivity contribution in [2.24, 2.45) is 10.2 Å². The second-order valence-corrected chi connectivity index (χ2v) is 5.29. The molecule has 126 valence electrons. The number of nitro groups is 1. The van der Waals surface area contributed by atoms with E-state index in [4.69, 9.17) is 0 Å². The number of aryl methyl sites for hydroxylation is 1. The van der Waals surface area contributed by atoms with Crippen LogP contribution in [0, 0.1) is 17.0 Å². The number of non-ortho nitro benzene ring substituents is 1. The first kappa shape index (κ1) is 16.1. The van der Waals surface area contributed by atoms with E-state index in [0.717, 1.165) is 0 Å². The molecule has 0 radical (unpaired) electrons. The summed E-state index contributed by atoms with van der Waals surface area (Å²) in [4.78, 5) is 25.1. The summed E-state index contributed by atoms with van der Waals surface area (Å²) in [6, 6.07) is 8.40. The predicted molar refractivity (Wildman–Crippen MR) is 88.3 cm³/mol. The second-order valence-electron chi connectivity index (χ2n) is 5.29. The van der Waals surface area contributed by atoms with Crippen LogP contribution in [0.2, 0.25) is 0 Å². The number of amides is 1. The smallest absolute Gasteiger partial charge is 0.299 e. The van der Waals surface area contributed by atoms with Gasteiger partial charge in [0.05, 0.1) is 16.0 Å². The average molecular weight is 340 g/mol. The number of nitrogens with one attached hydrogen (secondary N) is 1. The van der Waals surface area contributed by atoms with Crippen LogP contribution in [0.1, 0.15) is 15.9 Å². The standard InChI is InChI=1S/C16H12N4O5/c1-8-6-9(20(24)25)7-11-13(8)17-16(23)14(11)18-19-15(22)10-4-2-3-5-12(10)21/h2-7,17,21,23H,1H3. The van der Waals surface area contributed by atoms with Gasteiger partial charge in [-0.1, -0.05) is 12.1 Å². The van der Waals surface area contributed by atoms with E-state index in [-0.39, 0.29) is 34.0 Å². The van der Waals surface area contributed by atoms with Gasteiger partial charge < -0.3 is 15.2 Å². The first-order chi connectivity index (χ1) is 11.9. The minimum atomic E-state index is -0.811. The Labute approximate surface area is 140 Å². The maximum atomic E-state index is 12.0. The fraction of sp³-hybridized carbons (Fsp3) is 0.0625. The molecule has 1 aromatic heterocycles. The van der Waals surface area contributed by atoms with E-state index in [1.807, 2.05) is 0 Å². The monoisotopic (exact) mass is 340 g/mol. The SMILES string of the molecule is Cc1cc([N+](=O)[O-])cc2c(N=NC(=O)c3ccccc3O)c(O)[nH]c12. The van der Waals surface area contributed by atoms with E-state index in [1.54, 1.807) is 19.1 Å². The molecule has 0 fully saturated rings. The van der Waals surface area contributed by atoms with Gasteiger partial charge in [0, 0.05) is 17.5 Å². The van der Waals surface area contributed by atoms with Gasteiger partial charge in [-0.3, -0.25) is 14.9 Å². The summed E-state index contributed by atoms with van der Waals surface area (Å²) in [5, 5.41) is 38.1. The molecule has 0 saturated heterocycles. The third-order valence-corrected chi connectivity index (χ3v) is 3.63. The molecule has 9 heteroatoms. The summed E-state index contributed by atoms with van der Waals surface area (Å²) in [7, 11) is 0. The molecule has 0 aliphatic carbocycles. The minimum Gasteiger partial charge on any atom is -0.507 e. The van der Waals surface area contributed by atoms with Crippen LogP contribution in [-0.4, -0.2) is 26.0 Å². The molecule has 1 heterocycles. The number of phenolic OH excluding ortho intramolecular Hbond substituents is 1. The van der Waals surface area contributed by atoms with Gasteiger partial charge >= 0.3 is 0 Å². The quantitative estimate of drug-likeness (QED) is 0.378. The summed E-state index contributed by atoms with van der Waals surface area (Å²) < 4.78 is 0. The molecular weight excluding hydrogens is 328 g/mol. The Kier molecular flexibility index (Phi) is 3.89. The van der Waals surface area contributed by atoms with Gasteiger partial charge in [0.2, 0.25) is 5.88 Å². The number of hydrogen-bond donors (Lipinski definition) is 3. The van der Waals surface area contributed by atoms with Crippen molar-refractivity contribution in [1.82, 2.24) is 4.98 Å². The Morgan fingerprint density at radius 1 is 1.24 bits per heavy atom. The van der Waals surface area contributed by atoms with Gasteiger partial charge in [0.1, 0.15) is 5.75 Å². The fourth-order valence-corrected chi connectivity index (χ4v) is 2.44. The number of aromatic amines is 1. The molecule has 3 N–H and O–H groups in total. The number of aromatic hydroxyl groups is 2. The molecule has 25 heavy (non-hydrogen) atoms. The van der Waals surface area contributed by atoms with E-state index in [0.29, 0.717) is 11.1 Å². The number of para-hydroxylation sites is 1. The maximum Gasteiger partial charge on any atom is 0.299 e. The molecule has 0 bridgehead atoms. The molecule has 1 amide bonds. The number of nitrogens with zero attached hydrogens (tertiary/aromatic N) is 3. The van der Waals surface area contributed by atoms with Crippen molar-refractivity contribution in [2.75, 3.05) is 0 Å². The Morgan fingerprint density at radius 3 is 2.64 bits per heavy atom. The number of azo groups is 1. The number of nitro benzene ring substituents is 1. The zero-order valence-electron chi connectivity index (χ0n) is 12.9. The highest BCUT2D eigenvalue weighted by atomic mass is 16.6. The number of H-pyrrole nitrogens is 1. The lowest BCUT2D eigenvalue weighted by Gasteiger charge is -1.98. The molecular formula is C16H12N4O5. The van der Waals surface area contributed by atoms with Crippen LogP contribution < -0.4 is 0 Å². The molecule has 0 aliphatic heterocycles. The molecule has 9 nitrogen and oxygen atoms in total. The molecule has 0 spiro atoms. The molecule has 0 unspecified atom stereocenters. The topological polar surface area (TPSA) is 141 Å².